The predicted molar refractivity (Wildman–Crippen MR) is 365 cm³/mol. The summed E-state index contributed by atoms with van der Waals surface area (Å²) in [4.78, 5) is 131. The summed E-state index contributed by atoms with van der Waals surface area (Å²) in [5, 5.41) is 39.0. The highest BCUT2D eigenvalue weighted by Crippen LogP contribution is 2.68. The number of quaternary nitrogens is 1. The number of fused-ring (bicyclic) bond motifs is 6. The Hall–Kier alpha value is -8.65. The second-order valence-corrected chi connectivity index (χ2v) is 29.1. The van der Waals surface area contributed by atoms with Gasteiger partial charge in [-0.2, -0.15) is 0 Å². The molecule has 4 fully saturated rings. The molecule has 2 saturated heterocycles. The van der Waals surface area contributed by atoms with Crippen molar-refractivity contribution in [2.24, 2.45) is 22.5 Å². The topological polar surface area (TPSA) is 331 Å². The lowest BCUT2D eigenvalue weighted by Gasteiger charge is -2.63. The van der Waals surface area contributed by atoms with Gasteiger partial charge >= 0.3 is 23.9 Å². The number of para-hydroxylation sites is 1. The van der Waals surface area contributed by atoms with Crippen LogP contribution in [-0.4, -0.2) is 199 Å². The van der Waals surface area contributed by atoms with E-state index in [9.17, 15) is 48.6 Å². The number of nitrogens with two attached hydrogens (primary N) is 1. The number of methoxy groups -OCH3 is 3. The van der Waals surface area contributed by atoms with Crippen LogP contribution in [0.4, 0.5) is 16.2 Å². The number of aromatic nitrogens is 1. The van der Waals surface area contributed by atoms with Crippen molar-refractivity contribution in [3.05, 3.63) is 113 Å². The Balaban J connectivity index is 0.856. The number of esters is 3. The highest BCUT2D eigenvalue weighted by atomic mass is 16.6. The third-order valence-electron chi connectivity index (χ3n) is 23.6. The molecule has 11 atom stereocenters. The molecule has 1 unspecified atom stereocenters. The van der Waals surface area contributed by atoms with Crippen molar-refractivity contribution in [2.45, 2.75) is 163 Å². The first-order valence-electron chi connectivity index (χ1n) is 35.0. The van der Waals surface area contributed by atoms with Crippen LogP contribution in [0.5, 0.6) is 5.75 Å². The number of hydrogen-bond donors (Lipinski definition) is 8. The Kier molecular flexibility index (Phi) is 19.2. The van der Waals surface area contributed by atoms with Crippen molar-refractivity contribution in [2.75, 3.05) is 91.0 Å². The van der Waals surface area contributed by atoms with Gasteiger partial charge in [0.15, 0.2) is 6.10 Å². The minimum Gasteiger partial charge on any atom is -0.496 e. The number of nitrogens with zero attached hydrogens (tertiary/aromatic N) is 4. The molecular weight excluding hydrogens is 1270 g/mol. The van der Waals surface area contributed by atoms with Gasteiger partial charge in [-0.15, -0.1) is 0 Å². The summed E-state index contributed by atoms with van der Waals surface area (Å²) in [7, 11) is 6.03. The number of anilines is 2. The predicted octanol–water partition coefficient (Wildman–Crippen LogP) is 4.96. The Morgan fingerprint density at radius 1 is 0.828 bits per heavy atom. The van der Waals surface area contributed by atoms with E-state index in [0.717, 1.165) is 27.6 Å². The number of benzene rings is 3. The van der Waals surface area contributed by atoms with E-state index < -0.39 is 98.8 Å². The standard InChI is InChI=1S/C74H94N10O15/c1-8-69(94)40-47-41-73(66(91)97-6,52-38-51-55(39-56(52)96-5)81(4)62-72(51)31-36-82-34-17-30-70(9-2,61(72)82)63(99-45(3)85)74(62,95)67(92)98-7)59-50(49-18-11-12-19-53(49)79-59)27-37-84(43-47,44-69)42-46-21-23-48(24-22-46)78-60(88)54(20-15-33-77-68(75)93)80-65(90)71(28-16-29-71)64(89)76-32-13-10-14-35-83-57(86)25-26-58(83)87/h11-12,17-19,21-26,30,38-39,47,54,61-63,79,94-95H,8-10,13-16,20,27-29,31-37,40-44H2,1-7H3,(H5-,75,76,77,78,80,88,89,90,93)/p+1/t47-,54+,61+,62-,63-,69+,70-,72-,73+,74+,84?/m1/s1. The molecular formula is C74H95N10O15+. The van der Waals surface area contributed by atoms with Crippen molar-refractivity contribution < 1.29 is 76.8 Å². The van der Waals surface area contributed by atoms with Gasteiger partial charge in [-0.25, -0.2) is 9.59 Å². The highest BCUT2D eigenvalue weighted by molar-refractivity contribution is 6.13. The molecule has 7 amide bonds. The SMILES string of the molecule is CC[C@]1(O)C[C@@H]2C[C@](C(=O)OC)(c3cc4c(cc3OC)N(C)[C@H]3[C@@](O)(C(=O)OC)[C@H](OC(C)=O)[C@]5(CC)C=CCN6CC[C@]43[C@@H]65)c3[nH]c4ccccc4c3CC[N+](Cc3ccc(NC(=O)[C@H](CCCNC(N)=O)NC(=O)C4(C(=O)NCCCCCN5C(=O)C=CC5=O)CCC4)cc3)(C2)C1. The normalized spacial score (nSPS) is 29.5. The molecule has 25 nitrogen and oxygen atoms in total. The lowest BCUT2D eigenvalue weighted by molar-refractivity contribution is -0.954. The number of hydrogen-bond acceptors (Lipinski definition) is 17. The number of urea groups is 1. The zero-order valence-corrected chi connectivity index (χ0v) is 57.8. The van der Waals surface area contributed by atoms with Gasteiger partial charge in [-0.1, -0.05) is 62.8 Å². The van der Waals surface area contributed by atoms with E-state index in [-0.39, 0.29) is 69.5 Å². The first kappa shape index (κ1) is 70.2. The van der Waals surface area contributed by atoms with E-state index in [1.165, 1.54) is 38.2 Å². The summed E-state index contributed by atoms with van der Waals surface area (Å²) < 4.78 is 24.9. The van der Waals surface area contributed by atoms with Gasteiger partial charge in [0.25, 0.3) is 11.8 Å². The number of ether oxygens (including phenoxy) is 4. The Morgan fingerprint density at radius 2 is 1.56 bits per heavy atom. The molecule has 4 aromatic rings. The third kappa shape index (κ3) is 11.8. The summed E-state index contributed by atoms with van der Waals surface area (Å²) in [6, 6.07) is 16.2. The number of primary amides is 1. The number of aromatic amines is 1. The Bertz CT molecular complexity index is 3930. The van der Waals surface area contributed by atoms with Crippen molar-refractivity contribution >= 4 is 75.8 Å². The summed E-state index contributed by atoms with van der Waals surface area (Å²) in [6.07, 6.45) is 10.8. The Morgan fingerprint density at radius 3 is 2.22 bits per heavy atom. The molecule has 1 aromatic heterocycles. The first-order chi connectivity index (χ1) is 47.4. The molecule has 6 aliphatic heterocycles. The summed E-state index contributed by atoms with van der Waals surface area (Å²) in [5.74, 6) is -4.34. The number of amides is 7. The van der Waals surface area contributed by atoms with E-state index in [4.69, 9.17) is 24.7 Å². The zero-order valence-electron chi connectivity index (χ0n) is 57.8. The molecule has 3 aromatic carbocycles. The molecule has 9 N–H and O–H groups in total. The van der Waals surface area contributed by atoms with Gasteiger partial charge in [-0.3, -0.25) is 43.4 Å². The number of unbranched alkanes of at least 4 members (excludes halogenated alkanes) is 2. The molecule has 1 spiro atoms. The van der Waals surface area contributed by atoms with Crippen LogP contribution in [0.3, 0.4) is 0 Å². The van der Waals surface area contributed by atoms with Gasteiger partial charge in [0.05, 0.1) is 40.5 Å². The van der Waals surface area contributed by atoms with E-state index in [2.05, 4.69) is 43.3 Å². The van der Waals surface area contributed by atoms with Gasteiger partial charge in [0.1, 0.15) is 41.3 Å². The van der Waals surface area contributed by atoms with E-state index in [0.29, 0.717) is 130 Å². The molecule has 8 aliphatic rings. The number of aliphatic hydroxyl groups is 2. The monoisotopic (exact) mass is 1360 g/mol. The van der Waals surface area contributed by atoms with Crippen LogP contribution in [0.15, 0.2) is 85.0 Å². The van der Waals surface area contributed by atoms with Crippen LogP contribution < -0.4 is 36.6 Å². The fraction of sp³-hybridized carbons (Fsp3) is 0.554. The minimum atomic E-state index is -2.40. The number of nitrogens with one attached hydrogen (secondary N) is 5. The van der Waals surface area contributed by atoms with E-state index >= 15 is 4.79 Å². The van der Waals surface area contributed by atoms with Crippen LogP contribution in [0, 0.1) is 16.7 Å². The number of carbonyl (C=O) groups excluding carboxylic acids is 9. The number of piperidine rings is 1. The fourth-order valence-electron chi connectivity index (χ4n) is 19.3. The van der Waals surface area contributed by atoms with Crippen LogP contribution in [-0.2, 0) is 76.4 Å². The molecule has 12 rings (SSSR count). The maximum Gasteiger partial charge on any atom is 0.344 e. The van der Waals surface area contributed by atoms with Gasteiger partial charge in [0, 0.05) is 127 Å². The van der Waals surface area contributed by atoms with E-state index in [1.807, 2.05) is 74.3 Å². The lowest BCUT2D eigenvalue weighted by Crippen LogP contribution is -2.81. The van der Waals surface area contributed by atoms with Crippen LogP contribution in [0.25, 0.3) is 10.9 Å². The quantitative estimate of drug-likeness (QED) is 0.00874. The van der Waals surface area contributed by atoms with Crippen LogP contribution in [0.1, 0.15) is 132 Å². The fourth-order valence-corrected chi connectivity index (χ4v) is 19.3. The molecule has 25 heteroatoms. The zero-order chi connectivity index (χ0) is 70.6. The molecule has 2 aliphatic carbocycles. The number of imide groups is 1. The van der Waals surface area contributed by atoms with Gasteiger partial charge < -0.3 is 70.5 Å². The molecule has 2 saturated carbocycles. The minimum absolute atomic E-state index is 0.108. The van der Waals surface area contributed by atoms with Crippen molar-refractivity contribution in [1.29, 1.82) is 0 Å². The van der Waals surface area contributed by atoms with Crippen molar-refractivity contribution in [3.63, 3.8) is 0 Å². The Labute approximate surface area is 576 Å². The number of likely N-dealkylation sites (N-methyl/N-ethyl adjacent to an activating group) is 1. The lowest BCUT2D eigenvalue weighted by atomic mass is 9.47. The molecule has 0 radical (unpaired) electrons. The smallest absolute Gasteiger partial charge is 0.344 e. The number of carbonyl (C=O) groups is 9. The maximum atomic E-state index is 16.1. The van der Waals surface area contributed by atoms with Gasteiger partial charge in [0.2, 0.25) is 23.3 Å². The second-order valence-electron chi connectivity index (χ2n) is 29.1. The second kappa shape index (κ2) is 27.1. The first-order valence-corrected chi connectivity index (χ1v) is 35.0. The molecule has 2 bridgehead atoms. The van der Waals surface area contributed by atoms with Crippen LogP contribution >= 0.6 is 0 Å². The molecule has 7 heterocycles. The van der Waals surface area contributed by atoms with Crippen molar-refractivity contribution in [3.8, 4) is 5.75 Å². The summed E-state index contributed by atoms with van der Waals surface area (Å²) in [5.41, 5.74) is 2.33. The molecule has 99 heavy (non-hydrogen) atoms. The highest BCUT2D eigenvalue weighted by Gasteiger charge is 2.80. The average Bonchev–Trinajstić information content (AvgIpc) is 1.50. The largest absolute Gasteiger partial charge is 0.496 e. The maximum absolute atomic E-state index is 16.1. The number of rotatable bonds is 24. The summed E-state index contributed by atoms with van der Waals surface area (Å²) in [6.45, 7) is 9.05. The van der Waals surface area contributed by atoms with E-state index in [1.54, 1.807) is 19.2 Å². The van der Waals surface area contributed by atoms with Crippen LogP contribution in [0.2, 0.25) is 0 Å². The molecule has 530 valence electrons. The third-order valence-corrected chi connectivity index (χ3v) is 23.6. The average molecular weight is 1360 g/mol. The number of H-pyrrole nitrogens is 1. The summed E-state index contributed by atoms with van der Waals surface area (Å²) >= 11 is 0. The van der Waals surface area contributed by atoms with Gasteiger partial charge in [-0.05, 0) is 119 Å². The van der Waals surface area contributed by atoms with Crippen molar-refractivity contribution in [1.82, 2.24) is 30.7 Å².